The number of ether oxygens (including phenoxy) is 2. The van der Waals surface area contributed by atoms with Crippen molar-refractivity contribution in [2.24, 2.45) is 0 Å². The normalized spacial score (nSPS) is 10.9. The van der Waals surface area contributed by atoms with E-state index in [1.54, 1.807) is 13.8 Å². The first-order valence-corrected chi connectivity index (χ1v) is 10.5. The van der Waals surface area contributed by atoms with Crippen LogP contribution in [-0.4, -0.2) is 44.5 Å². The SMILES string of the molecule is COC(=O)c1c(C)[nH]c(C(=O)CSc2nnc(COc3cc(C)cc(C)c3)n2N)c1C. The van der Waals surface area contributed by atoms with E-state index in [9.17, 15) is 9.59 Å². The summed E-state index contributed by atoms with van der Waals surface area (Å²) in [7, 11) is 1.31. The van der Waals surface area contributed by atoms with Crippen molar-refractivity contribution >= 4 is 23.5 Å². The Kier molecular flexibility index (Phi) is 6.69. The molecule has 31 heavy (non-hydrogen) atoms. The fraction of sp³-hybridized carbons (Fsp3) is 0.333. The number of aromatic amines is 1. The molecule has 0 aliphatic heterocycles. The average Bonchev–Trinajstić information content (AvgIpc) is 3.22. The van der Waals surface area contributed by atoms with Gasteiger partial charge in [-0.1, -0.05) is 17.8 Å². The maximum atomic E-state index is 12.7. The number of benzene rings is 1. The molecule has 3 rings (SSSR count). The first kappa shape index (κ1) is 22.4. The summed E-state index contributed by atoms with van der Waals surface area (Å²) in [5, 5.41) is 8.50. The minimum atomic E-state index is -0.479. The third kappa shape index (κ3) is 4.91. The molecule has 0 spiro atoms. The van der Waals surface area contributed by atoms with Crippen LogP contribution in [0.4, 0.5) is 0 Å². The lowest BCUT2D eigenvalue weighted by atomic mass is 10.1. The predicted molar refractivity (Wildman–Crippen MR) is 117 cm³/mol. The molecule has 3 N–H and O–H groups in total. The Balaban J connectivity index is 1.65. The Morgan fingerprint density at radius 1 is 1.13 bits per heavy atom. The van der Waals surface area contributed by atoms with Gasteiger partial charge in [0, 0.05) is 5.69 Å². The number of ketones is 1. The van der Waals surface area contributed by atoms with Gasteiger partial charge in [-0.3, -0.25) is 4.79 Å². The molecule has 0 saturated carbocycles. The second-order valence-electron chi connectivity index (χ2n) is 7.21. The number of aryl methyl sites for hydroxylation is 3. The van der Waals surface area contributed by atoms with Gasteiger partial charge in [-0.05, 0) is 56.5 Å². The number of hydrogen-bond acceptors (Lipinski definition) is 8. The molecule has 1 aromatic carbocycles. The molecule has 9 nitrogen and oxygen atoms in total. The van der Waals surface area contributed by atoms with Crippen molar-refractivity contribution in [2.45, 2.75) is 39.5 Å². The highest BCUT2D eigenvalue weighted by molar-refractivity contribution is 7.99. The van der Waals surface area contributed by atoms with Crippen molar-refractivity contribution in [1.29, 1.82) is 0 Å². The first-order valence-electron chi connectivity index (χ1n) is 9.55. The van der Waals surface area contributed by atoms with E-state index >= 15 is 0 Å². The number of Topliss-reactive ketones (excluding diaryl/α,β-unsaturated/α-hetero) is 1. The predicted octanol–water partition coefficient (Wildman–Crippen LogP) is 2.89. The van der Waals surface area contributed by atoms with Crippen LogP contribution in [0.5, 0.6) is 5.75 Å². The highest BCUT2D eigenvalue weighted by atomic mass is 32.2. The van der Waals surface area contributed by atoms with Crippen molar-refractivity contribution in [1.82, 2.24) is 19.9 Å². The van der Waals surface area contributed by atoms with Gasteiger partial charge in [0.2, 0.25) is 5.16 Å². The zero-order valence-electron chi connectivity index (χ0n) is 18.1. The molecule has 0 bridgehead atoms. The Morgan fingerprint density at radius 3 is 2.45 bits per heavy atom. The van der Waals surface area contributed by atoms with Crippen LogP contribution in [0.3, 0.4) is 0 Å². The summed E-state index contributed by atoms with van der Waals surface area (Å²) in [4.78, 5) is 27.6. The summed E-state index contributed by atoms with van der Waals surface area (Å²) < 4.78 is 11.9. The van der Waals surface area contributed by atoms with Gasteiger partial charge < -0.3 is 20.3 Å². The first-order chi connectivity index (χ1) is 14.7. The lowest BCUT2D eigenvalue weighted by Gasteiger charge is -2.08. The van der Waals surface area contributed by atoms with Crippen molar-refractivity contribution in [3.63, 3.8) is 0 Å². The number of nitrogen functional groups attached to an aromatic ring is 1. The van der Waals surface area contributed by atoms with E-state index in [1.165, 1.54) is 11.8 Å². The van der Waals surface area contributed by atoms with Gasteiger partial charge in [-0.2, -0.15) is 0 Å². The summed E-state index contributed by atoms with van der Waals surface area (Å²) >= 11 is 1.16. The van der Waals surface area contributed by atoms with Gasteiger partial charge in [-0.15, -0.1) is 10.2 Å². The highest BCUT2D eigenvalue weighted by Crippen LogP contribution is 2.23. The molecule has 0 aliphatic rings. The van der Waals surface area contributed by atoms with Crippen LogP contribution in [-0.2, 0) is 11.3 Å². The minimum Gasteiger partial charge on any atom is -0.486 e. The summed E-state index contributed by atoms with van der Waals surface area (Å²) in [6, 6.07) is 5.93. The molecule has 0 radical (unpaired) electrons. The van der Waals surface area contributed by atoms with E-state index in [0.717, 1.165) is 28.6 Å². The molecule has 0 atom stereocenters. The number of methoxy groups -OCH3 is 1. The third-order valence-corrected chi connectivity index (χ3v) is 5.68. The van der Waals surface area contributed by atoms with Crippen LogP contribution in [0.1, 0.15) is 49.1 Å². The zero-order valence-corrected chi connectivity index (χ0v) is 18.9. The van der Waals surface area contributed by atoms with E-state index in [-0.39, 0.29) is 18.1 Å². The number of nitrogens with one attached hydrogen (secondary N) is 1. The van der Waals surface area contributed by atoms with Crippen molar-refractivity contribution in [3.8, 4) is 5.75 Å². The summed E-state index contributed by atoms with van der Waals surface area (Å²) in [5.74, 6) is 6.66. The van der Waals surface area contributed by atoms with Gasteiger partial charge in [0.25, 0.3) is 0 Å². The molecule has 0 unspecified atom stereocenters. The molecule has 0 fully saturated rings. The number of esters is 1. The van der Waals surface area contributed by atoms with E-state index in [4.69, 9.17) is 15.3 Å². The Bertz CT molecular complexity index is 1110. The maximum Gasteiger partial charge on any atom is 0.339 e. The van der Waals surface area contributed by atoms with Crippen LogP contribution in [0.25, 0.3) is 0 Å². The summed E-state index contributed by atoms with van der Waals surface area (Å²) in [5.41, 5.74) is 4.10. The molecule has 3 aromatic rings. The van der Waals surface area contributed by atoms with Gasteiger partial charge >= 0.3 is 5.97 Å². The molecule has 164 valence electrons. The average molecular weight is 444 g/mol. The monoisotopic (exact) mass is 443 g/mol. The molecular weight excluding hydrogens is 418 g/mol. The van der Waals surface area contributed by atoms with Crippen LogP contribution in [0, 0.1) is 27.7 Å². The standard InChI is InChI=1S/C21H25N5O4S/c1-11-6-12(2)8-15(7-11)30-9-17-24-25-21(26(17)22)31-10-16(27)19-13(3)18(14(4)23-19)20(28)29-5/h6-8,23H,9-10,22H2,1-5H3. The van der Waals surface area contributed by atoms with Gasteiger partial charge in [0.05, 0.1) is 24.1 Å². The molecule has 0 saturated heterocycles. The van der Waals surface area contributed by atoms with Crippen LogP contribution in [0.15, 0.2) is 23.4 Å². The fourth-order valence-corrected chi connectivity index (χ4v) is 4.06. The van der Waals surface area contributed by atoms with Gasteiger partial charge in [0.1, 0.15) is 12.4 Å². The number of hydrogen-bond donors (Lipinski definition) is 2. The number of carbonyl (C=O) groups is 2. The number of nitrogens with two attached hydrogens (primary N) is 1. The van der Waals surface area contributed by atoms with E-state index in [2.05, 4.69) is 21.2 Å². The van der Waals surface area contributed by atoms with Crippen LogP contribution in [0.2, 0.25) is 0 Å². The third-order valence-electron chi connectivity index (χ3n) is 4.74. The number of carbonyl (C=O) groups excluding carboxylic acids is 2. The summed E-state index contributed by atoms with van der Waals surface area (Å²) in [6.07, 6.45) is 0. The van der Waals surface area contributed by atoms with Gasteiger partial charge in [0.15, 0.2) is 11.6 Å². The Labute approximate surface area is 184 Å². The number of nitrogens with zero attached hydrogens (tertiary/aromatic N) is 3. The number of aromatic nitrogens is 4. The van der Waals surface area contributed by atoms with Crippen molar-refractivity contribution < 1.29 is 19.1 Å². The molecule has 0 aliphatic carbocycles. The lowest BCUT2D eigenvalue weighted by Crippen LogP contribution is -2.16. The van der Waals surface area contributed by atoms with Crippen molar-refractivity contribution in [2.75, 3.05) is 18.7 Å². The summed E-state index contributed by atoms with van der Waals surface area (Å²) in [6.45, 7) is 7.58. The van der Waals surface area contributed by atoms with E-state index in [1.807, 2.05) is 26.0 Å². The zero-order chi connectivity index (χ0) is 22.7. The molecule has 2 aromatic heterocycles. The van der Waals surface area contributed by atoms with Gasteiger partial charge in [-0.25, -0.2) is 9.47 Å². The Morgan fingerprint density at radius 2 is 1.81 bits per heavy atom. The van der Waals surface area contributed by atoms with Crippen molar-refractivity contribution in [3.05, 3.63) is 57.7 Å². The lowest BCUT2D eigenvalue weighted by molar-refractivity contribution is 0.0599. The van der Waals surface area contributed by atoms with Crippen LogP contribution >= 0.6 is 11.8 Å². The smallest absolute Gasteiger partial charge is 0.339 e. The fourth-order valence-electron chi connectivity index (χ4n) is 3.31. The molecule has 2 heterocycles. The number of thioether (sulfide) groups is 1. The second-order valence-corrected chi connectivity index (χ2v) is 8.15. The quantitative estimate of drug-likeness (QED) is 0.236. The number of rotatable bonds is 8. The maximum absolute atomic E-state index is 12.7. The second kappa shape index (κ2) is 9.25. The number of H-pyrrole nitrogens is 1. The largest absolute Gasteiger partial charge is 0.486 e. The Hall–Kier alpha value is -3.27. The highest BCUT2D eigenvalue weighted by Gasteiger charge is 2.23. The molecule has 0 amide bonds. The van der Waals surface area contributed by atoms with E-state index < -0.39 is 5.97 Å². The topological polar surface area (TPSA) is 125 Å². The van der Waals surface area contributed by atoms with E-state index in [0.29, 0.717) is 33.5 Å². The minimum absolute atomic E-state index is 0.0780. The molecular formula is C21H25N5O4S. The molecule has 10 heteroatoms. The van der Waals surface area contributed by atoms with Crippen LogP contribution < -0.4 is 10.6 Å².